The number of piperidine rings is 1. The summed E-state index contributed by atoms with van der Waals surface area (Å²) < 4.78 is 5.26. The molecule has 1 atom stereocenters. The van der Waals surface area contributed by atoms with Crippen LogP contribution in [0.15, 0.2) is 18.5 Å². The third-order valence-electron chi connectivity index (χ3n) is 3.97. The predicted octanol–water partition coefficient (Wildman–Crippen LogP) is 1.94. The second-order valence-electron chi connectivity index (χ2n) is 5.84. The highest BCUT2D eigenvalue weighted by Crippen LogP contribution is 2.21. The number of nitrogens with zero attached hydrogens (tertiary/aromatic N) is 2. The number of methoxy groups -OCH3 is 1. The van der Waals surface area contributed by atoms with Crippen LogP contribution in [0.25, 0.3) is 0 Å². The Hall–Kier alpha value is -1.62. The zero-order valence-electron chi connectivity index (χ0n) is 13.1. The molecule has 5 nitrogen and oxygen atoms in total. The monoisotopic (exact) mass is 291 g/mol. The summed E-state index contributed by atoms with van der Waals surface area (Å²) in [6, 6.07) is 1.90. The lowest BCUT2D eigenvalue weighted by molar-refractivity contribution is 0.0657. The second kappa shape index (κ2) is 7.41. The van der Waals surface area contributed by atoms with Crippen molar-refractivity contribution < 1.29 is 9.53 Å². The number of amides is 1. The van der Waals surface area contributed by atoms with Gasteiger partial charge in [0.05, 0.1) is 18.9 Å². The number of carbonyl (C=O) groups is 1. The molecule has 1 aliphatic rings. The molecule has 21 heavy (non-hydrogen) atoms. The summed E-state index contributed by atoms with van der Waals surface area (Å²) in [5.41, 5.74) is 0.588. The van der Waals surface area contributed by atoms with Crippen LogP contribution in [0.5, 0.6) is 5.75 Å². The van der Waals surface area contributed by atoms with E-state index in [4.69, 9.17) is 4.74 Å². The summed E-state index contributed by atoms with van der Waals surface area (Å²) >= 11 is 0. The van der Waals surface area contributed by atoms with Crippen LogP contribution in [0.3, 0.4) is 0 Å². The van der Waals surface area contributed by atoms with E-state index in [1.165, 1.54) is 12.8 Å². The number of rotatable bonds is 5. The van der Waals surface area contributed by atoms with Crippen molar-refractivity contribution in [3.63, 3.8) is 0 Å². The van der Waals surface area contributed by atoms with Crippen LogP contribution in [0.4, 0.5) is 0 Å². The Labute approximate surface area is 126 Å². The van der Waals surface area contributed by atoms with Crippen molar-refractivity contribution >= 4 is 5.91 Å². The Morgan fingerprint density at radius 1 is 1.57 bits per heavy atom. The van der Waals surface area contributed by atoms with E-state index in [-0.39, 0.29) is 11.9 Å². The number of aromatic nitrogens is 1. The van der Waals surface area contributed by atoms with Gasteiger partial charge in [0.2, 0.25) is 0 Å². The first-order valence-corrected chi connectivity index (χ1v) is 7.63. The summed E-state index contributed by atoms with van der Waals surface area (Å²) in [5, 5.41) is 3.41. The molecule has 0 bridgehead atoms. The SMILES string of the molecule is COc1cnccc1C(=O)N(CC1CCCNC1)C(C)C. The van der Waals surface area contributed by atoms with E-state index in [2.05, 4.69) is 24.1 Å². The van der Waals surface area contributed by atoms with Crippen molar-refractivity contribution in [2.45, 2.75) is 32.7 Å². The quantitative estimate of drug-likeness (QED) is 0.901. The fourth-order valence-electron chi connectivity index (χ4n) is 2.76. The average Bonchev–Trinajstić information content (AvgIpc) is 2.52. The lowest BCUT2D eigenvalue weighted by Gasteiger charge is -2.33. The van der Waals surface area contributed by atoms with Gasteiger partial charge in [0.1, 0.15) is 5.75 Å². The zero-order valence-corrected chi connectivity index (χ0v) is 13.1. The highest BCUT2D eigenvalue weighted by molar-refractivity contribution is 5.96. The van der Waals surface area contributed by atoms with Crippen LogP contribution in [0.2, 0.25) is 0 Å². The fourth-order valence-corrected chi connectivity index (χ4v) is 2.76. The van der Waals surface area contributed by atoms with Crippen LogP contribution in [0, 0.1) is 5.92 Å². The fraction of sp³-hybridized carbons (Fsp3) is 0.625. The topological polar surface area (TPSA) is 54.5 Å². The van der Waals surface area contributed by atoms with Crippen LogP contribution in [-0.2, 0) is 0 Å². The number of nitrogens with one attached hydrogen (secondary N) is 1. The van der Waals surface area contributed by atoms with E-state index in [0.29, 0.717) is 17.2 Å². The Morgan fingerprint density at radius 2 is 2.38 bits per heavy atom. The van der Waals surface area contributed by atoms with Crippen LogP contribution >= 0.6 is 0 Å². The summed E-state index contributed by atoms with van der Waals surface area (Å²) in [5.74, 6) is 1.09. The molecule has 0 aliphatic carbocycles. The maximum absolute atomic E-state index is 12.8. The largest absolute Gasteiger partial charge is 0.494 e. The number of ether oxygens (including phenoxy) is 1. The van der Waals surface area contributed by atoms with E-state index in [1.54, 1.807) is 25.6 Å². The molecule has 1 aromatic rings. The minimum Gasteiger partial charge on any atom is -0.494 e. The molecule has 2 rings (SSSR count). The summed E-state index contributed by atoms with van der Waals surface area (Å²) in [7, 11) is 1.57. The average molecular weight is 291 g/mol. The molecule has 1 fully saturated rings. The number of pyridine rings is 1. The Bertz CT molecular complexity index is 470. The maximum atomic E-state index is 12.8. The van der Waals surface area contributed by atoms with E-state index >= 15 is 0 Å². The lowest BCUT2D eigenvalue weighted by Crippen LogP contribution is -2.44. The molecule has 1 aliphatic heterocycles. The number of hydrogen-bond donors (Lipinski definition) is 1. The highest BCUT2D eigenvalue weighted by atomic mass is 16.5. The second-order valence-corrected chi connectivity index (χ2v) is 5.84. The zero-order chi connectivity index (χ0) is 15.2. The van der Waals surface area contributed by atoms with Crippen LogP contribution in [0.1, 0.15) is 37.0 Å². The molecule has 1 aromatic heterocycles. The number of hydrogen-bond acceptors (Lipinski definition) is 4. The van der Waals surface area contributed by atoms with Gasteiger partial charge in [-0.05, 0) is 51.8 Å². The summed E-state index contributed by atoms with van der Waals surface area (Å²) in [6.07, 6.45) is 5.59. The van der Waals surface area contributed by atoms with Gasteiger partial charge < -0.3 is 15.0 Å². The smallest absolute Gasteiger partial charge is 0.257 e. The molecule has 1 N–H and O–H groups in total. The highest BCUT2D eigenvalue weighted by Gasteiger charge is 2.25. The van der Waals surface area contributed by atoms with Crippen LogP contribution < -0.4 is 10.1 Å². The van der Waals surface area contributed by atoms with Gasteiger partial charge in [-0.1, -0.05) is 0 Å². The van der Waals surface area contributed by atoms with E-state index in [0.717, 1.165) is 19.6 Å². The van der Waals surface area contributed by atoms with E-state index < -0.39 is 0 Å². The first kappa shape index (κ1) is 15.8. The summed E-state index contributed by atoms with van der Waals surface area (Å²) in [4.78, 5) is 18.8. The molecule has 2 heterocycles. The lowest BCUT2D eigenvalue weighted by atomic mass is 9.98. The molecule has 1 saturated heterocycles. The van der Waals surface area contributed by atoms with Gasteiger partial charge in [-0.2, -0.15) is 0 Å². The van der Waals surface area contributed by atoms with E-state index in [1.807, 2.05) is 4.90 Å². The van der Waals surface area contributed by atoms with Crippen molar-refractivity contribution in [1.82, 2.24) is 15.2 Å². The van der Waals surface area contributed by atoms with Crippen molar-refractivity contribution in [2.24, 2.45) is 5.92 Å². The third kappa shape index (κ3) is 3.94. The number of carbonyl (C=O) groups excluding carboxylic acids is 1. The van der Waals surface area contributed by atoms with E-state index in [9.17, 15) is 4.79 Å². The molecule has 1 unspecified atom stereocenters. The molecule has 1 amide bonds. The van der Waals surface area contributed by atoms with Gasteiger partial charge in [-0.15, -0.1) is 0 Å². The van der Waals surface area contributed by atoms with Crippen LogP contribution in [-0.4, -0.2) is 48.6 Å². The first-order chi connectivity index (χ1) is 10.1. The Morgan fingerprint density at radius 3 is 3.00 bits per heavy atom. The van der Waals surface area contributed by atoms with Crippen molar-refractivity contribution in [3.8, 4) is 5.75 Å². The van der Waals surface area contributed by atoms with Crippen molar-refractivity contribution in [3.05, 3.63) is 24.0 Å². The van der Waals surface area contributed by atoms with Gasteiger partial charge >= 0.3 is 0 Å². The van der Waals surface area contributed by atoms with Gasteiger partial charge in [-0.3, -0.25) is 9.78 Å². The Balaban J connectivity index is 2.14. The summed E-state index contributed by atoms with van der Waals surface area (Å²) in [6.45, 7) is 6.98. The molecular formula is C16H25N3O2. The normalized spacial score (nSPS) is 18.6. The molecule has 0 spiro atoms. The van der Waals surface area contributed by atoms with Crippen molar-refractivity contribution in [2.75, 3.05) is 26.7 Å². The standard InChI is InChI=1S/C16H25N3O2/c1-12(2)19(11-13-5-4-7-17-9-13)16(20)14-6-8-18-10-15(14)21-3/h6,8,10,12-13,17H,4-5,7,9,11H2,1-3H3. The minimum atomic E-state index is 0.0230. The molecule has 116 valence electrons. The maximum Gasteiger partial charge on any atom is 0.257 e. The first-order valence-electron chi connectivity index (χ1n) is 7.63. The molecule has 0 saturated carbocycles. The van der Waals surface area contributed by atoms with Gasteiger partial charge in [0.25, 0.3) is 5.91 Å². The minimum absolute atomic E-state index is 0.0230. The van der Waals surface area contributed by atoms with Crippen molar-refractivity contribution in [1.29, 1.82) is 0 Å². The predicted molar refractivity (Wildman–Crippen MR) is 82.6 cm³/mol. The van der Waals surface area contributed by atoms with Gasteiger partial charge in [-0.25, -0.2) is 0 Å². The van der Waals surface area contributed by atoms with Gasteiger partial charge in [0, 0.05) is 18.8 Å². The molecule has 5 heteroatoms. The Kier molecular flexibility index (Phi) is 5.56. The molecular weight excluding hydrogens is 266 g/mol. The molecule has 0 aromatic carbocycles. The third-order valence-corrected chi connectivity index (χ3v) is 3.97. The van der Waals surface area contributed by atoms with Gasteiger partial charge in [0.15, 0.2) is 0 Å². The molecule has 0 radical (unpaired) electrons.